The van der Waals surface area contributed by atoms with E-state index in [0.29, 0.717) is 16.2 Å². The van der Waals surface area contributed by atoms with Crippen molar-refractivity contribution in [2.75, 3.05) is 14.2 Å². The van der Waals surface area contributed by atoms with E-state index in [-0.39, 0.29) is 11.1 Å². The fourth-order valence-electron chi connectivity index (χ4n) is 2.05. The highest BCUT2D eigenvalue weighted by molar-refractivity contribution is 6.03. The first-order valence-electron chi connectivity index (χ1n) is 7.12. The van der Waals surface area contributed by atoms with E-state index < -0.39 is 17.9 Å². The number of aromatic nitrogens is 1. The fourth-order valence-corrected chi connectivity index (χ4v) is 2.05. The molecule has 0 unspecified atom stereocenters. The van der Waals surface area contributed by atoms with Gasteiger partial charge in [0, 0.05) is 18.2 Å². The van der Waals surface area contributed by atoms with Crippen LogP contribution in [-0.2, 0) is 4.74 Å². The minimum absolute atomic E-state index is 0.184. The van der Waals surface area contributed by atoms with Gasteiger partial charge in [0.1, 0.15) is 11.5 Å². The summed E-state index contributed by atoms with van der Waals surface area (Å²) in [6, 6.07) is 7.38. The Bertz CT molecular complexity index is 741. The normalized spacial score (nSPS) is 11.5. The van der Waals surface area contributed by atoms with Gasteiger partial charge in [-0.1, -0.05) is 0 Å². The Morgan fingerprint density at radius 1 is 1.08 bits per heavy atom. The molecule has 0 aliphatic rings. The SMILES string of the molecule is COc1ccc(C(=O)[C@H](C)OC(=O)c2cc[n+]([O-])cc2)c(OC)c1. The molecular weight excluding hydrogens is 314 g/mol. The lowest BCUT2D eigenvalue weighted by atomic mass is 10.1. The molecule has 1 aromatic carbocycles. The molecule has 0 bridgehead atoms. The molecule has 126 valence electrons. The molecule has 0 saturated heterocycles. The van der Waals surface area contributed by atoms with Crippen molar-refractivity contribution < 1.29 is 28.5 Å². The number of ether oxygens (including phenoxy) is 3. The number of hydrogen-bond acceptors (Lipinski definition) is 6. The third-order valence-corrected chi connectivity index (χ3v) is 3.36. The van der Waals surface area contributed by atoms with E-state index in [1.165, 1.54) is 45.7 Å². The zero-order valence-electron chi connectivity index (χ0n) is 13.5. The summed E-state index contributed by atoms with van der Waals surface area (Å²) in [6.45, 7) is 1.47. The maximum atomic E-state index is 12.5. The van der Waals surface area contributed by atoms with Crippen LogP contribution in [0.4, 0.5) is 0 Å². The number of rotatable bonds is 6. The summed E-state index contributed by atoms with van der Waals surface area (Å²) in [7, 11) is 2.94. The molecule has 0 radical (unpaired) electrons. The van der Waals surface area contributed by atoms with Gasteiger partial charge in [0.25, 0.3) is 0 Å². The molecule has 1 atom stereocenters. The molecule has 24 heavy (non-hydrogen) atoms. The molecule has 7 nitrogen and oxygen atoms in total. The predicted molar refractivity (Wildman–Crippen MR) is 84.2 cm³/mol. The molecular formula is C17H17NO6. The van der Waals surface area contributed by atoms with Gasteiger partial charge in [0.2, 0.25) is 5.78 Å². The lowest BCUT2D eigenvalue weighted by molar-refractivity contribution is -0.605. The lowest BCUT2D eigenvalue weighted by Crippen LogP contribution is -2.27. The quantitative estimate of drug-likeness (QED) is 0.347. The van der Waals surface area contributed by atoms with Crippen LogP contribution in [-0.4, -0.2) is 32.1 Å². The lowest BCUT2D eigenvalue weighted by Gasteiger charge is -2.15. The Balaban J connectivity index is 2.14. The Labute approximate surface area is 139 Å². The van der Waals surface area contributed by atoms with E-state index in [1.807, 2.05) is 0 Å². The number of ketones is 1. The molecule has 1 aromatic heterocycles. The van der Waals surface area contributed by atoms with Crippen molar-refractivity contribution in [3.05, 3.63) is 59.1 Å². The van der Waals surface area contributed by atoms with Crippen LogP contribution in [0.15, 0.2) is 42.7 Å². The van der Waals surface area contributed by atoms with Gasteiger partial charge in [-0.15, -0.1) is 0 Å². The second-order valence-electron chi connectivity index (χ2n) is 4.92. The van der Waals surface area contributed by atoms with Gasteiger partial charge in [-0.05, 0) is 19.1 Å². The summed E-state index contributed by atoms with van der Waals surface area (Å²) in [5.41, 5.74) is 0.465. The number of hydrogen-bond donors (Lipinski definition) is 0. The third kappa shape index (κ3) is 3.81. The average molecular weight is 331 g/mol. The van der Waals surface area contributed by atoms with Crippen LogP contribution in [0.2, 0.25) is 0 Å². The number of methoxy groups -OCH3 is 2. The van der Waals surface area contributed by atoms with E-state index >= 15 is 0 Å². The van der Waals surface area contributed by atoms with Crippen molar-refractivity contribution >= 4 is 11.8 Å². The van der Waals surface area contributed by atoms with E-state index in [0.717, 1.165) is 0 Å². The van der Waals surface area contributed by atoms with Gasteiger partial charge < -0.3 is 19.4 Å². The monoisotopic (exact) mass is 331 g/mol. The molecule has 0 aliphatic heterocycles. The summed E-state index contributed by atoms with van der Waals surface area (Å²) >= 11 is 0. The van der Waals surface area contributed by atoms with Crippen LogP contribution in [0.1, 0.15) is 27.6 Å². The van der Waals surface area contributed by atoms with Crippen molar-refractivity contribution in [1.29, 1.82) is 0 Å². The molecule has 0 N–H and O–H groups in total. The first-order valence-corrected chi connectivity index (χ1v) is 7.12. The smallest absolute Gasteiger partial charge is 0.339 e. The average Bonchev–Trinajstić information content (AvgIpc) is 2.60. The summed E-state index contributed by atoms with van der Waals surface area (Å²) in [5.74, 6) is -0.223. The van der Waals surface area contributed by atoms with E-state index in [1.54, 1.807) is 18.2 Å². The first-order chi connectivity index (χ1) is 11.5. The number of pyridine rings is 1. The number of benzene rings is 1. The van der Waals surface area contributed by atoms with E-state index in [4.69, 9.17) is 14.2 Å². The molecule has 0 spiro atoms. The van der Waals surface area contributed by atoms with Crippen molar-refractivity contribution in [1.82, 2.24) is 0 Å². The number of esters is 1. The van der Waals surface area contributed by atoms with Gasteiger partial charge in [-0.25, -0.2) is 4.79 Å². The summed E-state index contributed by atoms with van der Waals surface area (Å²) < 4.78 is 16.0. The van der Waals surface area contributed by atoms with Gasteiger partial charge in [0.05, 0.1) is 25.3 Å². The minimum atomic E-state index is -1.01. The van der Waals surface area contributed by atoms with Crippen molar-refractivity contribution in [3.8, 4) is 11.5 Å². The predicted octanol–water partition coefficient (Wildman–Crippen LogP) is 1.77. The highest BCUT2D eigenvalue weighted by atomic mass is 16.5. The van der Waals surface area contributed by atoms with Crippen LogP contribution < -0.4 is 14.2 Å². The Morgan fingerprint density at radius 2 is 1.75 bits per heavy atom. The second kappa shape index (κ2) is 7.45. The highest BCUT2D eigenvalue weighted by Crippen LogP contribution is 2.26. The number of carbonyl (C=O) groups excluding carboxylic acids is 2. The largest absolute Gasteiger partial charge is 0.619 e. The molecule has 0 saturated carbocycles. The zero-order valence-corrected chi connectivity index (χ0v) is 13.5. The molecule has 0 fully saturated rings. The first kappa shape index (κ1) is 17.3. The molecule has 7 heteroatoms. The Morgan fingerprint density at radius 3 is 2.33 bits per heavy atom. The third-order valence-electron chi connectivity index (χ3n) is 3.36. The molecule has 0 aliphatic carbocycles. The van der Waals surface area contributed by atoms with Crippen LogP contribution in [0.25, 0.3) is 0 Å². The standard InChI is InChI=1S/C17H17NO6/c1-11(24-17(20)12-6-8-18(21)9-7-12)16(19)14-5-4-13(22-2)10-15(14)23-3/h4-11H,1-3H3/t11-/m0/s1. The number of nitrogens with zero attached hydrogens (tertiary/aromatic N) is 1. The zero-order chi connectivity index (χ0) is 17.7. The second-order valence-corrected chi connectivity index (χ2v) is 4.92. The number of carbonyl (C=O) groups is 2. The fraction of sp³-hybridized carbons (Fsp3) is 0.235. The van der Waals surface area contributed by atoms with Crippen LogP contribution in [0.3, 0.4) is 0 Å². The Hall–Kier alpha value is -3.09. The number of Topliss-reactive ketones (excluding diaryl/α,β-unsaturated/α-hetero) is 1. The van der Waals surface area contributed by atoms with Gasteiger partial charge in [-0.2, -0.15) is 4.73 Å². The maximum absolute atomic E-state index is 12.5. The molecule has 0 amide bonds. The van der Waals surface area contributed by atoms with Gasteiger partial charge in [-0.3, -0.25) is 4.79 Å². The molecule has 2 aromatic rings. The summed E-state index contributed by atoms with van der Waals surface area (Å²) in [6.07, 6.45) is 1.34. The van der Waals surface area contributed by atoms with Crippen LogP contribution in [0.5, 0.6) is 11.5 Å². The van der Waals surface area contributed by atoms with E-state index in [9.17, 15) is 14.8 Å². The van der Waals surface area contributed by atoms with Gasteiger partial charge in [0.15, 0.2) is 18.5 Å². The molecule has 1 heterocycles. The van der Waals surface area contributed by atoms with Crippen molar-refractivity contribution in [2.45, 2.75) is 13.0 Å². The summed E-state index contributed by atoms with van der Waals surface area (Å²) in [5, 5.41) is 11.0. The highest BCUT2D eigenvalue weighted by Gasteiger charge is 2.23. The van der Waals surface area contributed by atoms with E-state index in [2.05, 4.69) is 0 Å². The van der Waals surface area contributed by atoms with Crippen LogP contribution >= 0.6 is 0 Å². The minimum Gasteiger partial charge on any atom is -0.619 e. The topological polar surface area (TPSA) is 88.8 Å². The summed E-state index contributed by atoms with van der Waals surface area (Å²) in [4.78, 5) is 24.5. The molecule has 2 rings (SSSR count). The van der Waals surface area contributed by atoms with Crippen molar-refractivity contribution in [2.24, 2.45) is 0 Å². The van der Waals surface area contributed by atoms with Gasteiger partial charge >= 0.3 is 5.97 Å². The van der Waals surface area contributed by atoms with Crippen molar-refractivity contribution in [3.63, 3.8) is 0 Å². The van der Waals surface area contributed by atoms with Crippen LogP contribution in [0, 0.1) is 5.21 Å². The Kier molecular flexibility index (Phi) is 5.36. The maximum Gasteiger partial charge on any atom is 0.339 e.